The van der Waals surface area contributed by atoms with Crippen LogP contribution in [0, 0.1) is 5.92 Å². The summed E-state index contributed by atoms with van der Waals surface area (Å²) in [4.78, 5) is 21.4. The molecule has 1 fully saturated rings. The third-order valence-corrected chi connectivity index (χ3v) is 3.14. The first-order valence-electron chi connectivity index (χ1n) is 4.72. The molecular weight excluding hydrogens is 293 g/mol. The van der Waals surface area contributed by atoms with Crippen LogP contribution in [-0.2, 0) is 4.79 Å². The van der Waals surface area contributed by atoms with E-state index in [1.807, 2.05) is 0 Å². The number of halogens is 2. The van der Waals surface area contributed by atoms with Crippen LogP contribution in [0.2, 0.25) is 5.15 Å². The van der Waals surface area contributed by atoms with Crippen molar-refractivity contribution in [1.29, 1.82) is 0 Å². The molecule has 6 heteroatoms. The number of rotatable bonds is 2. The average Bonchev–Trinajstić information content (AvgIpc) is 2.60. The van der Waals surface area contributed by atoms with Gasteiger partial charge in [-0.1, -0.05) is 17.7 Å². The first-order chi connectivity index (χ1) is 7.61. The van der Waals surface area contributed by atoms with Gasteiger partial charge in [-0.15, -0.1) is 6.58 Å². The number of aromatic nitrogens is 2. The lowest BCUT2D eigenvalue weighted by molar-refractivity contribution is -0.117. The van der Waals surface area contributed by atoms with E-state index < -0.39 is 0 Å². The van der Waals surface area contributed by atoms with Gasteiger partial charge < -0.3 is 0 Å². The molecule has 0 bridgehead atoms. The SMILES string of the molecule is C=CC1CC(=O)N(c2ncc(Cl)nc2Br)C1. The maximum Gasteiger partial charge on any atom is 0.228 e. The summed E-state index contributed by atoms with van der Waals surface area (Å²) in [6, 6.07) is 0. The highest BCUT2D eigenvalue weighted by molar-refractivity contribution is 9.10. The summed E-state index contributed by atoms with van der Waals surface area (Å²) < 4.78 is 0.484. The molecule has 0 N–H and O–H groups in total. The van der Waals surface area contributed by atoms with Crippen LogP contribution in [0.5, 0.6) is 0 Å². The van der Waals surface area contributed by atoms with Crippen LogP contribution in [0.3, 0.4) is 0 Å². The maximum atomic E-state index is 11.7. The van der Waals surface area contributed by atoms with Crippen molar-refractivity contribution in [2.45, 2.75) is 6.42 Å². The smallest absolute Gasteiger partial charge is 0.228 e. The zero-order chi connectivity index (χ0) is 11.7. The number of carbonyl (C=O) groups excluding carboxylic acids is 1. The summed E-state index contributed by atoms with van der Waals surface area (Å²) >= 11 is 8.94. The van der Waals surface area contributed by atoms with Gasteiger partial charge in [0, 0.05) is 18.9 Å². The molecule has 1 saturated heterocycles. The topological polar surface area (TPSA) is 46.1 Å². The van der Waals surface area contributed by atoms with Crippen molar-refractivity contribution in [3.8, 4) is 0 Å². The average molecular weight is 303 g/mol. The van der Waals surface area contributed by atoms with Crippen molar-refractivity contribution in [1.82, 2.24) is 9.97 Å². The highest BCUT2D eigenvalue weighted by atomic mass is 79.9. The van der Waals surface area contributed by atoms with Gasteiger partial charge in [0.25, 0.3) is 0 Å². The number of carbonyl (C=O) groups is 1. The lowest BCUT2D eigenvalue weighted by Crippen LogP contribution is -2.26. The zero-order valence-corrected chi connectivity index (χ0v) is 10.7. The summed E-state index contributed by atoms with van der Waals surface area (Å²) in [6.07, 6.45) is 3.69. The van der Waals surface area contributed by atoms with Crippen molar-refractivity contribution in [3.63, 3.8) is 0 Å². The molecule has 0 spiro atoms. The lowest BCUT2D eigenvalue weighted by Gasteiger charge is -2.15. The van der Waals surface area contributed by atoms with Gasteiger partial charge >= 0.3 is 0 Å². The molecule has 0 aromatic carbocycles. The number of hydrogen-bond donors (Lipinski definition) is 0. The first-order valence-corrected chi connectivity index (χ1v) is 5.90. The highest BCUT2D eigenvalue weighted by Crippen LogP contribution is 2.29. The molecule has 1 aliphatic rings. The second kappa shape index (κ2) is 4.51. The Hall–Kier alpha value is -0.940. The number of nitrogens with zero attached hydrogens (tertiary/aromatic N) is 3. The Morgan fingerprint density at radius 2 is 2.44 bits per heavy atom. The fourth-order valence-electron chi connectivity index (χ4n) is 1.62. The first kappa shape index (κ1) is 11.5. The predicted octanol–water partition coefficient (Wildman–Crippen LogP) is 2.43. The quantitative estimate of drug-likeness (QED) is 0.788. The van der Waals surface area contributed by atoms with E-state index in [2.05, 4.69) is 32.5 Å². The minimum Gasteiger partial charge on any atom is -0.294 e. The number of anilines is 1. The van der Waals surface area contributed by atoms with Crippen LogP contribution < -0.4 is 4.90 Å². The van der Waals surface area contributed by atoms with Gasteiger partial charge in [0.15, 0.2) is 10.4 Å². The Morgan fingerprint density at radius 3 is 3.00 bits per heavy atom. The Kier molecular flexibility index (Phi) is 3.25. The normalized spacial score (nSPS) is 20.2. The van der Waals surface area contributed by atoms with Crippen molar-refractivity contribution >= 4 is 39.3 Å². The van der Waals surface area contributed by atoms with E-state index in [1.54, 1.807) is 11.0 Å². The summed E-state index contributed by atoms with van der Waals surface area (Å²) in [7, 11) is 0. The van der Waals surface area contributed by atoms with Crippen molar-refractivity contribution in [3.05, 3.63) is 28.6 Å². The number of hydrogen-bond acceptors (Lipinski definition) is 3. The van der Waals surface area contributed by atoms with E-state index in [1.165, 1.54) is 6.20 Å². The Bertz CT molecular complexity index is 452. The van der Waals surface area contributed by atoms with E-state index in [4.69, 9.17) is 11.6 Å². The Labute approximate surface area is 106 Å². The van der Waals surface area contributed by atoms with E-state index >= 15 is 0 Å². The minimum atomic E-state index is 0.0298. The van der Waals surface area contributed by atoms with Gasteiger partial charge in [-0.2, -0.15) is 0 Å². The van der Waals surface area contributed by atoms with Gasteiger partial charge in [0.1, 0.15) is 5.15 Å². The molecule has 1 atom stereocenters. The highest BCUT2D eigenvalue weighted by Gasteiger charge is 2.31. The van der Waals surface area contributed by atoms with Gasteiger partial charge in [0.05, 0.1) is 6.20 Å². The van der Waals surface area contributed by atoms with Crippen LogP contribution >= 0.6 is 27.5 Å². The summed E-state index contributed by atoms with van der Waals surface area (Å²) in [5, 5.41) is 0.294. The van der Waals surface area contributed by atoms with Crippen LogP contribution in [0.4, 0.5) is 5.82 Å². The Morgan fingerprint density at radius 1 is 1.69 bits per heavy atom. The van der Waals surface area contributed by atoms with Crippen LogP contribution in [0.1, 0.15) is 6.42 Å². The van der Waals surface area contributed by atoms with Crippen molar-refractivity contribution in [2.24, 2.45) is 5.92 Å². The van der Waals surface area contributed by atoms with Gasteiger partial charge in [-0.25, -0.2) is 9.97 Å². The third kappa shape index (κ3) is 2.10. The second-order valence-corrected chi connectivity index (χ2v) is 4.65. The molecule has 2 rings (SSSR count). The molecule has 1 amide bonds. The van der Waals surface area contributed by atoms with E-state index in [9.17, 15) is 4.79 Å². The number of amides is 1. The van der Waals surface area contributed by atoms with Crippen LogP contribution in [-0.4, -0.2) is 22.4 Å². The molecule has 16 heavy (non-hydrogen) atoms. The minimum absolute atomic E-state index is 0.0298. The second-order valence-electron chi connectivity index (χ2n) is 3.51. The molecule has 0 saturated carbocycles. The fourth-order valence-corrected chi connectivity index (χ4v) is 2.36. The largest absolute Gasteiger partial charge is 0.294 e. The zero-order valence-electron chi connectivity index (χ0n) is 8.36. The molecule has 0 aliphatic carbocycles. The van der Waals surface area contributed by atoms with Crippen molar-refractivity contribution in [2.75, 3.05) is 11.4 Å². The third-order valence-electron chi connectivity index (χ3n) is 2.43. The summed E-state index contributed by atoms with van der Waals surface area (Å²) in [5.74, 6) is 0.720. The van der Waals surface area contributed by atoms with Gasteiger partial charge in [0.2, 0.25) is 5.91 Å². The van der Waals surface area contributed by atoms with E-state index in [-0.39, 0.29) is 11.8 Å². The standard InChI is InChI=1S/C10H9BrClN3O/c1-2-6-3-8(16)15(5-6)10-9(11)14-7(12)4-13-10/h2,4,6H,1,3,5H2. The molecule has 1 aliphatic heterocycles. The van der Waals surface area contributed by atoms with Crippen LogP contribution in [0.25, 0.3) is 0 Å². The molecule has 1 unspecified atom stereocenters. The lowest BCUT2D eigenvalue weighted by atomic mass is 10.1. The molecule has 4 nitrogen and oxygen atoms in total. The molecular formula is C10H9BrClN3O. The van der Waals surface area contributed by atoms with Gasteiger partial charge in [-0.05, 0) is 15.9 Å². The van der Waals surface area contributed by atoms with Gasteiger partial charge in [-0.3, -0.25) is 9.69 Å². The molecule has 0 radical (unpaired) electrons. The monoisotopic (exact) mass is 301 g/mol. The van der Waals surface area contributed by atoms with E-state index in [0.717, 1.165) is 0 Å². The fraction of sp³-hybridized carbons (Fsp3) is 0.300. The maximum absolute atomic E-state index is 11.7. The Balaban J connectivity index is 2.31. The molecule has 1 aromatic rings. The summed E-state index contributed by atoms with van der Waals surface area (Å²) in [5.41, 5.74) is 0. The molecule has 1 aromatic heterocycles. The molecule has 84 valence electrons. The van der Waals surface area contributed by atoms with Crippen LogP contribution in [0.15, 0.2) is 23.5 Å². The predicted molar refractivity (Wildman–Crippen MR) is 65.4 cm³/mol. The molecule has 2 heterocycles. The van der Waals surface area contributed by atoms with Crippen molar-refractivity contribution < 1.29 is 4.79 Å². The summed E-state index contributed by atoms with van der Waals surface area (Å²) in [6.45, 7) is 4.29. The van der Waals surface area contributed by atoms with E-state index in [0.29, 0.717) is 28.5 Å².